The van der Waals surface area contributed by atoms with E-state index >= 15 is 0 Å². The third-order valence-corrected chi connectivity index (χ3v) is 2.20. The quantitative estimate of drug-likeness (QED) is 0.870. The Labute approximate surface area is 121 Å². The molecule has 0 saturated carbocycles. The number of hydrogen-bond donors (Lipinski definition) is 2. The van der Waals surface area contributed by atoms with Crippen LogP contribution in [0.2, 0.25) is 0 Å². The van der Waals surface area contributed by atoms with Gasteiger partial charge in [0.2, 0.25) is 0 Å². The van der Waals surface area contributed by atoms with Gasteiger partial charge in [-0.1, -0.05) is 6.07 Å². The van der Waals surface area contributed by atoms with Gasteiger partial charge < -0.3 is 19.9 Å². The molecule has 116 valence electrons. The van der Waals surface area contributed by atoms with Crippen molar-refractivity contribution in [1.29, 1.82) is 0 Å². The maximum atomic E-state index is 13.0. The SMILES string of the molecule is CC(C)(C)OC(=O)NC(COc1cccc(F)c1)C(=O)O. The van der Waals surface area contributed by atoms with E-state index in [1.807, 2.05) is 0 Å². The molecule has 6 nitrogen and oxygen atoms in total. The summed E-state index contributed by atoms with van der Waals surface area (Å²) in [6.45, 7) is 4.63. The van der Waals surface area contributed by atoms with Crippen LogP contribution in [0.1, 0.15) is 20.8 Å². The zero-order valence-corrected chi connectivity index (χ0v) is 12.1. The number of rotatable bonds is 5. The van der Waals surface area contributed by atoms with E-state index in [1.165, 1.54) is 18.2 Å². The van der Waals surface area contributed by atoms with Crippen LogP contribution < -0.4 is 10.1 Å². The standard InChI is InChI=1S/C14H18FNO5/c1-14(2,3)21-13(19)16-11(12(17)18)8-20-10-6-4-5-9(15)7-10/h4-7,11H,8H2,1-3H3,(H,16,19)(H,17,18). The highest BCUT2D eigenvalue weighted by molar-refractivity contribution is 5.80. The maximum absolute atomic E-state index is 13.0. The van der Waals surface area contributed by atoms with Crippen LogP contribution >= 0.6 is 0 Å². The van der Waals surface area contributed by atoms with Gasteiger partial charge in [-0.05, 0) is 32.9 Å². The molecule has 1 amide bonds. The minimum atomic E-state index is -1.30. The third-order valence-electron chi connectivity index (χ3n) is 2.20. The summed E-state index contributed by atoms with van der Waals surface area (Å²) in [7, 11) is 0. The van der Waals surface area contributed by atoms with Crippen LogP contribution in [0.5, 0.6) is 5.75 Å². The van der Waals surface area contributed by atoms with Gasteiger partial charge in [0.15, 0.2) is 6.04 Å². The molecule has 0 bridgehead atoms. The summed E-state index contributed by atoms with van der Waals surface area (Å²) in [4.78, 5) is 22.6. The Morgan fingerprint density at radius 1 is 1.38 bits per heavy atom. The molecule has 2 N–H and O–H groups in total. The van der Waals surface area contributed by atoms with Gasteiger partial charge in [0.25, 0.3) is 0 Å². The summed E-state index contributed by atoms with van der Waals surface area (Å²) in [6, 6.07) is 3.97. The topological polar surface area (TPSA) is 84.9 Å². The molecular weight excluding hydrogens is 281 g/mol. The zero-order chi connectivity index (χ0) is 16.0. The number of alkyl carbamates (subject to hydrolysis) is 1. The molecule has 1 atom stereocenters. The van der Waals surface area contributed by atoms with Crippen molar-refractivity contribution in [2.24, 2.45) is 0 Å². The van der Waals surface area contributed by atoms with E-state index in [2.05, 4.69) is 5.32 Å². The van der Waals surface area contributed by atoms with Crippen molar-refractivity contribution in [3.63, 3.8) is 0 Å². The van der Waals surface area contributed by atoms with Gasteiger partial charge in [-0.15, -0.1) is 0 Å². The molecule has 0 heterocycles. The van der Waals surface area contributed by atoms with Crippen LogP contribution in [-0.4, -0.2) is 35.4 Å². The highest BCUT2D eigenvalue weighted by Gasteiger charge is 2.24. The lowest BCUT2D eigenvalue weighted by atomic mass is 10.2. The van der Waals surface area contributed by atoms with Crippen LogP contribution in [0.25, 0.3) is 0 Å². The Kier molecular flexibility index (Phi) is 5.52. The average Bonchev–Trinajstić information content (AvgIpc) is 2.32. The Bertz CT molecular complexity index is 512. The Balaban J connectivity index is 2.58. The normalized spacial score (nSPS) is 12.4. The molecule has 0 radical (unpaired) electrons. The second-order valence-corrected chi connectivity index (χ2v) is 5.31. The second kappa shape index (κ2) is 6.92. The minimum Gasteiger partial charge on any atom is -0.491 e. The van der Waals surface area contributed by atoms with Crippen molar-refractivity contribution in [1.82, 2.24) is 5.32 Å². The fraction of sp³-hybridized carbons (Fsp3) is 0.429. The molecule has 1 aromatic carbocycles. The molecule has 0 aromatic heterocycles. The molecule has 0 aliphatic carbocycles. The number of ether oxygens (including phenoxy) is 2. The lowest BCUT2D eigenvalue weighted by Gasteiger charge is -2.22. The zero-order valence-electron chi connectivity index (χ0n) is 12.1. The third kappa shape index (κ3) is 6.60. The minimum absolute atomic E-state index is 0.173. The highest BCUT2D eigenvalue weighted by atomic mass is 19.1. The summed E-state index contributed by atoms with van der Waals surface area (Å²) < 4.78 is 23.1. The Morgan fingerprint density at radius 2 is 2.05 bits per heavy atom. The molecule has 0 fully saturated rings. The van der Waals surface area contributed by atoms with E-state index in [1.54, 1.807) is 20.8 Å². The van der Waals surface area contributed by atoms with E-state index in [0.29, 0.717) is 0 Å². The van der Waals surface area contributed by atoms with Gasteiger partial charge in [0.1, 0.15) is 23.8 Å². The molecule has 1 unspecified atom stereocenters. The number of aliphatic carboxylic acids is 1. The fourth-order valence-electron chi connectivity index (χ4n) is 1.36. The van der Waals surface area contributed by atoms with Gasteiger partial charge in [0.05, 0.1) is 0 Å². The molecule has 0 aliphatic heterocycles. The van der Waals surface area contributed by atoms with Crippen LogP contribution in [0.15, 0.2) is 24.3 Å². The van der Waals surface area contributed by atoms with E-state index in [4.69, 9.17) is 14.6 Å². The number of benzene rings is 1. The summed E-state index contributed by atoms with van der Waals surface area (Å²) in [5, 5.41) is 11.2. The smallest absolute Gasteiger partial charge is 0.408 e. The molecule has 0 aliphatic rings. The van der Waals surface area contributed by atoms with E-state index in [0.717, 1.165) is 6.07 Å². The Morgan fingerprint density at radius 3 is 2.57 bits per heavy atom. The first-order valence-electron chi connectivity index (χ1n) is 6.28. The largest absolute Gasteiger partial charge is 0.491 e. The number of carbonyl (C=O) groups is 2. The predicted octanol–water partition coefficient (Wildman–Crippen LogP) is 2.18. The van der Waals surface area contributed by atoms with E-state index < -0.39 is 29.5 Å². The van der Waals surface area contributed by atoms with Crippen LogP contribution in [0.3, 0.4) is 0 Å². The molecular formula is C14H18FNO5. The first-order valence-corrected chi connectivity index (χ1v) is 6.28. The van der Waals surface area contributed by atoms with Gasteiger partial charge in [-0.3, -0.25) is 0 Å². The first-order chi connectivity index (χ1) is 9.67. The Hall–Kier alpha value is -2.31. The predicted molar refractivity (Wildman–Crippen MR) is 72.7 cm³/mol. The van der Waals surface area contributed by atoms with Crippen molar-refractivity contribution in [3.05, 3.63) is 30.1 Å². The van der Waals surface area contributed by atoms with Crippen molar-refractivity contribution in [2.75, 3.05) is 6.61 Å². The number of carbonyl (C=O) groups excluding carboxylic acids is 1. The number of amides is 1. The molecule has 21 heavy (non-hydrogen) atoms. The monoisotopic (exact) mass is 299 g/mol. The van der Waals surface area contributed by atoms with Gasteiger partial charge in [-0.25, -0.2) is 14.0 Å². The van der Waals surface area contributed by atoms with Crippen molar-refractivity contribution >= 4 is 12.1 Å². The van der Waals surface area contributed by atoms with E-state index in [-0.39, 0.29) is 12.4 Å². The highest BCUT2D eigenvalue weighted by Crippen LogP contribution is 2.12. The van der Waals surface area contributed by atoms with Gasteiger partial charge >= 0.3 is 12.1 Å². The molecule has 1 aromatic rings. The molecule has 0 spiro atoms. The van der Waals surface area contributed by atoms with Crippen molar-refractivity contribution in [3.8, 4) is 5.75 Å². The first kappa shape index (κ1) is 16.7. The number of nitrogens with one attached hydrogen (secondary N) is 1. The van der Waals surface area contributed by atoms with E-state index in [9.17, 15) is 14.0 Å². The van der Waals surface area contributed by atoms with Gasteiger partial charge in [-0.2, -0.15) is 0 Å². The van der Waals surface area contributed by atoms with Gasteiger partial charge in [0, 0.05) is 6.07 Å². The number of carboxylic acid groups (broad SMARTS) is 1. The average molecular weight is 299 g/mol. The summed E-state index contributed by atoms with van der Waals surface area (Å²) in [5.74, 6) is -1.61. The summed E-state index contributed by atoms with van der Waals surface area (Å²) in [6.07, 6.45) is -0.863. The van der Waals surface area contributed by atoms with Crippen LogP contribution in [0.4, 0.5) is 9.18 Å². The van der Waals surface area contributed by atoms with Crippen LogP contribution in [-0.2, 0) is 9.53 Å². The maximum Gasteiger partial charge on any atom is 0.408 e. The summed E-state index contributed by atoms with van der Waals surface area (Å²) >= 11 is 0. The number of carboxylic acids is 1. The van der Waals surface area contributed by atoms with Crippen molar-refractivity contribution in [2.45, 2.75) is 32.4 Å². The van der Waals surface area contributed by atoms with Crippen LogP contribution in [0, 0.1) is 5.82 Å². The van der Waals surface area contributed by atoms with Crippen molar-refractivity contribution < 1.29 is 28.6 Å². The lowest BCUT2D eigenvalue weighted by molar-refractivity contribution is -0.140. The number of hydrogen-bond acceptors (Lipinski definition) is 4. The molecule has 0 saturated heterocycles. The molecule has 7 heteroatoms. The molecule has 1 rings (SSSR count). The summed E-state index contributed by atoms with van der Waals surface area (Å²) in [5.41, 5.74) is -0.740. The fourth-order valence-corrected chi connectivity index (χ4v) is 1.36. The second-order valence-electron chi connectivity index (χ2n) is 5.31. The number of halogens is 1. The lowest BCUT2D eigenvalue weighted by Crippen LogP contribution is -2.46.